The van der Waals surface area contributed by atoms with E-state index in [0.717, 1.165) is 11.1 Å². The van der Waals surface area contributed by atoms with Crippen LogP contribution in [-0.2, 0) is 17.8 Å². The minimum Gasteiger partial charge on any atom is -0.497 e. The van der Waals surface area contributed by atoms with Crippen molar-refractivity contribution in [3.8, 4) is 22.9 Å². The van der Waals surface area contributed by atoms with Gasteiger partial charge in [0.05, 0.1) is 39.1 Å². The van der Waals surface area contributed by atoms with E-state index < -0.39 is 11.5 Å². The summed E-state index contributed by atoms with van der Waals surface area (Å²) in [6.07, 6.45) is 1.37. The summed E-state index contributed by atoms with van der Waals surface area (Å²) < 4.78 is 22.2. The van der Waals surface area contributed by atoms with Gasteiger partial charge in [0.15, 0.2) is 11.4 Å². The SMILES string of the molecule is COC(=O)c1c(N(Cc2ccc(OC)cc2)Cc2ccc(OC)cc2)ncn(-c2c(C)cc(OC)cc2Cl)c1=O. The molecule has 0 atom stereocenters. The van der Waals surface area contributed by atoms with Crippen molar-refractivity contribution in [2.75, 3.05) is 33.3 Å². The van der Waals surface area contributed by atoms with Gasteiger partial charge in [0.25, 0.3) is 5.56 Å². The largest absolute Gasteiger partial charge is 0.497 e. The predicted molar refractivity (Wildman–Crippen MR) is 153 cm³/mol. The summed E-state index contributed by atoms with van der Waals surface area (Å²) in [6, 6.07) is 18.4. The first-order valence-corrected chi connectivity index (χ1v) is 12.7. The van der Waals surface area contributed by atoms with E-state index in [2.05, 4.69) is 4.98 Å². The smallest absolute Gasteiger partial charge is 0.347 e. The van der Waals surface area contributed by atoms with E-state index in [0.29, 0.717) is 41.6 Å². The van der Waals surface area contributed by atoms with Crippen LogP contribution in [0.4, 0.5) is 5.82 Å². The molecular weight excluding hydrogens is 534 g/mol. The van der Waals surface area contributed by atoms with Crippen LogP contribution in [0.25, 0.3) is 5.69 Å². The Labute approximate surface area is 237 Å². The van der Waals surface area contributed by atoms with E-state index >= 15 is 0 Å². The third-order valence-corrected chi connectivity index (χ3v) is 6.70. The van der Waals surface area contributed by atoms with Crippen LogP contribution < -0.4 is 24.7 Å². The highest BCUT2D eigenvalue weighted by Gasteiger charge is 2.26. The van der Waals surface area contributed by atoms with Crippen molar-refractivity contribution in [3.63, 3.8) is 0 Å². The maximum absolute atomic E-state index is 13.9. The lowest BCUT2D eigenvalue weighted by molar-refractivity contribution is 0.0598. The van der Waals surface area contributed by atoms with Crippen LogP contribution in [0.15, 0.2) is 71.8 Å². The van der Waals surface area contributed by atoms with E-state index in [4.69, 9.17) is 30.5 Å². The minimum atomic E-state index is -0.807. The summed E-state index contributed by atoms with van der Waals surface area (Å²) in [4.78, 5) is 33.5. The fourth-order valence-corrected chi connectivity index (χ4v) is 4.71. The quantitative estimate of drug-likeness (QED) is 0.243. The standard InChI is InChI=1S/C30H30ClN3O6/c1-19-14-24(39-4)15-25(31)27(19)34-18-32-28(26(29(34)35)30(36)40-5)33(16-20-6-10-22(37-2)11-7-20)17-21-8-12-23(38-3)13-9-21/h6-15,18H,16-17H2,1-5H3. The lowest BCUT2D eigenvalue weighted by Gasteiger charge is -2.26. The van der Waals surface area contributed by atoms with Crippen LogP contribution in [0.1, 0.15) is 27.0 Å². The number of hydrogen-bond acceptors (Lipinski definition) is 8. The van der Waals surface area contributed by atoms with Gasteiger partial charge in [-0.2, -0.15) is 0 Å². The number of esters is 1. The Balaban J connectivity index is 1.86. The van der Waals surface area contributed by atoms with Crippen molar-refractivity contribution in [2.45, 2.75) is 20.0 Å². The van der Waals surface area contributed by atoms with Gasteiger partial charge in [-0.15, -0.1) is 0 Å². The number of halogens is 1. The molecule has 0 N–H and O–H groups in total. The van der Waals surface area contributed by atoms with Crippen LogP contribution in [0.3, 0.4) is 0 Å². The molecule has 0 spiro atoms. The van der Waals surface area contributed by atoms with E-state index in [1.54, 1.807) is 33.3 Å². The van der Waals surface area contributed by atoms with Crippen LogP contribution >= 0.6 is 11.6 Å². The van der Waals surface area contributed by atoms with Gasteiger partial charge in [0.2, 0.25) is 0 Å². The van der Waals surface area contributed by atoms with E-state index in [1.807, 2.05) is 53.4 Å². The summed E-state index contributed by atoms with van der Waals surface area (Å²) in [5.74, 6) is 1.35. The number of aromatic nitrogens is 2. The van der Waals surface area contributed by atoms with Gasteiger partial charge in [-0.1, -0.05) is 35.9 Å². The third-order valence-electron chi connectivity index (χ3n) is 6.41. The van der Waals surface area contributed by atoms with Crippen LogP contribution in [-0.4, -0.2) is 44.0 Å². The predicted octanol–water partition coefficient (Wildman–Crippen LogP) is 5.21. The zero-order valence-electron chi connectivity index (χ0n) is 22.9. The molecule has 0 amide bonds. The minimum absolute atomic E-state index is 0.182. The summed E-state index contributed by atoms with van der Waals surface area (Å²) in [6.45, 7) is 2.49. The summed E-state index contributed by atoms with van der Waals surface area (Å²) in [7, 11) is 5.96. The lowest BCUT2D eigenvalue weighted by Crippen LogP contribution is -2.33. The molecule has 10 heteroatoms. The fourth-order valence-electron chi connectivity index (χ4n) is 4.36. The van der Waals surface area contributed by atoms with Crippen molar-refractivity contribution >= 4 is 23.4 Å². The molecule has 0 bridgehead atoms. The van der Waals surface area contributed by atoms with Gasteiger partial charge in [-0.05, 0) is 53.9 Å². The highest BCUT2D eigenvalue weighted by atomic mass is 35.5. The first kappa shape index (κ1) is 28.5. The number of rotatable bonds is 10. The van der Waals surface area contributed by atoms with Gasteiger partial charge in [0.1, 0.15) is 23.6 Å². The van der Waals surface area contributed by atoms with Crippen molar-refractivity contribution in [1.82, 2.24) is 9.55 Å². The molecule has 4 rings (SSSR count). The van der Waals surface area contributed by atoms with Crippen LogP contribution in [0, 0.1) is 6.92 Å². The number of ether oxygens (including phenoxy) is 4. The van der Waals surface area contributed by atoms with Crippen molar-refractivity contribution in [1.29, 1.82) is 0 Å². The molecule has 3 aromatic carbocycles. The molecule has 0 radical (unpaired) electrons. The average molecular weight is 564 g/mol. The Bertz CT molecular complexity index is 1480. The monoisotopic (exact) mass is 563 g/mol. The molecule has 0 saturated carbocycles. The van der Waals surface area contributed by atoms with Gasteiger partial charge in [-0.25, -0.2) is 9.78 Å². The number of aryl methyl sites for hydroxylation is 1. The number of carbonyl (C=O) groups excluding carboxylic acids is 1. The molecule has 40 heavy (non-hydrogen) atoms. The zero-order chi connectivity index (χ0) is 28.8. The van der Waals surface area contributed by atoms with Crippen molar-refractivity contribution < 1.29 is 23.7 Å². The summed E-state index contributed by atoms with van der Waals surface area (Å²) in [5.41, 5.74) is 2.09. The molecule has 208 valence electrons. The average Bonchev–Trinajstić information content (AvgIpc) is 2.97. The number of benzene rings is 3. The van der Waals surface area contributed by atoms with E-state index in [-0.39, 0.29) is 16.4 Å². The molecule has 0 aliphatic rings. The van der Waals surface area contributed by atoms with E-state index in [1.165, 1.54) is 25.1 Å². The lowest BCUT2D eigenvalue weighted by atomic mass is 10.1. The van der Waals surface area contributed by atoms with Gasteiger partial charge in [-0.3, -0.25) is 9.36 Å². The van der Waals surface area contributed by atoms with Gasteiger partial charge in [0, 0.05) is 19.2 Å². The van der Waals surface area contributed by atoms with Crippen LogP contribution in [0.5, 0.6) is 17.2 Å². The highest BCUT2D eigenvalue weighted by molar-refractivity contribution is 6.32. The molecule has 1 aromatic heterocycles. The number of anilines is 1. The normalized spacial score (nSPS) is 10.7. The van der Waals surface area contributed by atoms with Gasteiger partial charge >= 0.3 is 5.97 Å². The third kappa shape index (κ3) is 6.05. The van der Waals surface area contributed by atoms with Crippen LogP contribution in [0.2, 0.25) is 5.02 Å². The Kier molecular flexibility index (Phi) is 8.96. The molecule has 0 fully saturated rings. The molecule has 4 aromatic rings. The number of nitrogens with zero attached hydrogens (tertiary/aromatic N) is 3. The Morgan fingerprint density at radius 1 is 0.850 bits per heavy atom. The topological polar surface area (TPSA) is 92.1 Å². The molecule has 0 saturated heterocycles. The number of carbonyl (C=O) groups is 1. The van der Waals surface area contributed by atoms with Gasteiger partial charge < -0.3 is 23.8 Å². The molecular formula is C30H30ClN3O6. The van der Waals surface area contributed by atoms with E-state index in [9.17, 15) is 9.59 Å². The Hall–Kier alpha value is -4.50. The second-order valence-electron chi connectivity index (χ2n) is 8.94. The fraction of sp³-hybridized carbons (Fsp3) is 0.233. The Morgan fingerprint density at radius 3 is 1.82 bits per heavy atom. The summed E-state index contributed by atoms with van der Waals surface area (Å²) >= 11 is 6.54. The number of methoxy groups -OCH3 is 4. The zero-order valence-corrected chi connectivity index (χ0v) is 23.7. The summed E-state index contributed by atoms with van der Waals surface area (Å²) in [5, 5.41) is 0.276. The first-order chi connectivity index (χ1) is 19.3. The molecule has 0 aliphatic carbocycles. The highest BCUT2D eigenvalue weighted by Crippen LogP contribution is 2.30. The molecule has 0 unspecified atom stereocenters. The molecule has 9 nitrogen and oxygen atoms in total. The Morgan fingerprint density at radius 2 is 1.38 bits per heavy atom. The number of hydrogen-bond donors (Lipinski definition) is 0. The second kappa shape index (κ2) is 12.6. The van der Waals surface area contributed by atoms with Crippen molar-refractivity contribution in [3.05, 3.63) is 105 Å². The first-order valence-electron chi connectivity index (χ1n) is 12.3. The van der Waals surface area contributed by atoms with Crippen molar-refractivity contribution in [2.24, 2.45) is 0 Å². The second-order valence-corrected chi connectivity index (χ2v) is 9.34. The molecule has 0 aliphatic heterocycles. The molecule has 1 heterocycles. The maximum atomic E-state index is 13.9. The maximum Gasteiger partial charge on any atom is 0.347 e.